The molecule has 0 saturated carbocycles. The van der Waals surface area contributed by atoms with Gasteiger partial charge in [-0.3, -0.25) is 4.79 Å². The first-order chi connectivity index (χ1) is 8.17. The summed E-state index contributed by atoms with van der Waals surface area (Å²) in [6.45, 7) is 2.34. The van der Waals surface area contributed by atoms with E-state index in [2.05, 4.69) is 20.3 Å². The molecule has 0 aliphatic heterocycles. The Morgan fingerprint density at radius 3 is 3.00 bits per heavy atom. The number of hydrogen-bond acceptors (Lipinski definition) is 6. The van der Waals surface area contributed by atoms with Crippen molar-refractivity contribution in [2.24, 2.45) is 0 Å². The van der Waals surface area contributed by atoms with Crippen molar-refractivity contribution in [2.45, 2.75) is 13.5 Å². The van der Waals surface area contributed by atoms with Crippen LogP contribution in [0.2, 0.25) is 0 Å². The Morgan fingerprint density at radius 2 is 2.35 bits per heavy atom. The lowest BCUT2D eigenvalue weighted by Gasteiger charge is -2.06. The molecule has 0 aliphatic rings. The number of H-pyrrole nitrogens is 1. The summed E-state index contributed by atoms with van der Waals surface area (Å²) in [6, 6.07) is 1.75. The Labute approximate surface area is 102 Å². The second kappa shape index (κ2) is 4.96. The van der Waals surface area contributed by atoms with Crippen molar-refractivity contribution >= 4 is 17.3 Å². The minimum absolute atomic E-state index is 0.0652. The van der Waals surface area contributed by atoms with E-state index in [-0.39, 0.29) is 4.87 Å². The molecule has 0 atom stereocenters. The molecule has 0 aromatic carbocycles. The first kappa shape index (κ1) is 11.6. The summed E-state index contributed by atoms with van der Waals surface area (Å²) >= 11 is 1.13. The van der Waals surface area contributed by atoms with Crippen molar-refractivity contribution in [3.8, 4) is 5.88 Å². The molecule has 2 rings (SSSR count). The average Bonchev–Trinajstić information content (AvgIpc) is 2.72. The number of nitrogens with one attached hydrogen (secondary N) is 2. The molecular formula is C10H12N4O2S. The number of aryl methyl sites for hydroxylation is 1. The SMILES string of the molecule is COc1cc(C)nc(NCc2csc(=O)[nH]2)n1. The summed E-state index contributed by atoms with van der Waals surface area (Å²) in [6.07, 6.45) is 0. The summed E-state index contributed by atoms with van der Waals surface area (Å²) in [4.78, 5) is 21.9. The molecule has 0 fully saturated rings. The normalized spacial score (nSPS) is 10.2. The molecule has 6 nitrogen and oxygen atoms in total. The fraction of sp³-hybridized carbons (Fsp3) is 0.300. The van der Waals surface area contributed by atoms with Gasteiger partial charge in [0.2, 0.25) is 11.8 Å². The Morgan fingerprint density at radius 1 is 1.53 bits per heavy atom. The highest BCUT2D eigenvalue weighted by Crippen LogP contribution is 2.11. The van der Waals surface area contributed by atoms with Crippen LogP contribution in [0.25, 0.3) is 0 Å². The van der Waals surface area contributed by atoms with Gasteiger partial charge in [-0.1, -0.05) is 11.3 Å². The Bertz CT molecular complexity index is 563. The highest BCUT2D eigenvalue weighted by molar-refractivity contribution is 7.07. The highest BCUT2D eigenvalue weighted by Gasteiger charge is 2.02. The first-order valence-corrected chi connectivity index (χ1v) is 5.85. The molecule has 0 spiro atoms. The number of rotatable bonds is 4. The number of thiazole rings is 1. The third-order valence-corrected chi connectivity index (χ3v) is 2.77. The predicted molar refractivity (Wildman–Crippen MR) is 65.6 cm³/mol. The van der Waals surface area contributed by atoms with Gasteiger partial charge in [0.25, 0.3) is 0 Å². The lowest BCUT2D eigenvalue weighted by molar-refractivity contribution is 0.397. The number of methoxy groups -OCH3 is 1. The topological polar surface area (TPSA) is 79.9 Å². The molecule has 0 saturated heterocycles. The fourth-order valence-corrected chi connectivity index (χ4v) is 1.88. The monoisotopic (exact) mass is 252 g/mol. The number of anilines is 1. The quantitative estimate of drug-likeness (QED) is 0.853. The van der Waals surface area contributed by atoms with Crippen LogP contribution in [-0.4, -0.2) is 22.1 Å². The number of hydrogen-bond donors (Lipinski definition) is 2. The van der Waals surface area contributed by atoms with Gasteiger partial charge in [0.05, 0.1) is 13.7 Å². The summed E-state index contributed by atoms with van der Waals surface area (Å²) in [5.41, 5.74) is 1.63. The van der Waals surface area contributed by atoms with Crippen LogP contribution >= 0.6 is 11.3 Å². The lowest BCUT2D eigenvalue weighted by atomic mass is 10.4. The Kier molecular flexibility index (Phi) is 3.38. The van der Waals surface area contributed by atoms with E-state index in [1.807, 2.05) is 6.92 Å². The van der Waals surface area contributed by atoms with Crippen molar-refractivity contribution in [1.82, 2.24) is 15.0 Å². The molecule has 90 valence electrons. The first-order valence-electron chi connectivity index (χ1n) is 4.97. The van der Waals surface area contributed by atoms with E-state index in [9.17, 15) is 4.79 Å². The minimum atomic E-state index is -0.0652. The Balaban J connectivity index is 2.08. The van der Waals surface area contributed by atoms with Gasteiger partial charge in [-0.05, 0) is 6.92 Å². The largest absolute Gasteiger partial charge is 0.481 e. The summed E-state index contributed by atoms with van der Waals surface area (Å²) in [5, 5.41) is 4.79. The van der Waals surface area contributed by atoms with Gasteiger partial charge < -0.3 is 15.0 Å². The molecule has 0 aliphatic carbocycles. The number of ether oxygens (including phenoxy) is 1. The van der Waals surface area contributed by atoms with E-state index in [0.717, 1.165) is 22.7 Å². The van der Waals surface area contributed by atoms with Crippen molar-refractivity contribution in [1.29, 1.82) is 0 Å². The van der Waals surface area contributed by atoms with E-state index in [1.165, 1.54) is 0 Å². The third kappa shape index (κ3) is 3.04. The smallest absolute Gasteiger partial charge is 0.304 e. The molecule has 0 bridgehead atoms. The van der Waals surface area contributed by atoms with Gasteiger partial charge in [-0.15, -0.1) is 0 Å². The predicted octanol–water partition coefficient (Wildman–Crippen LogP) is 1.16. The summed E-state index contributed by atoms with van der Waals surface area (Å²) in [7, 11) is 1.56. The average molecular weight is 252 g/mol. The van der Waals surface area contributed by atoms with E-state index >= 15 is 0 Å². The number of aromatic nitrogens is 3. The van der Waals surface area contributed by atoms with E-state index in [0.29, 0.717) is 18.4 Å². The van der Waals surface area contributed by atoms with Crippen LogP contribution in [0.5, 0.6) is 5.88 Å². The van der Waals surface area contributed by atoms with Gasteiger partial charge in [-0.25, -0.2) is 4.98 Å². The van der Waals surface area contributed by atoms with Crippen LogP contribution in [0.15, 0.2) is 16.2 Å². The van der Waals surface area contributed by atoms with Crippen LogP contribution in [-0.2, 0) is 6.54 Å². The van der Waals surface area contributed by atoms with E-state index < -0.39 is 0 Å². The third-order valence-electron chi connectivity index (χ3n) is 2.05. The molecule has 0 amide bonds. The zero-order chi connectivity index (χ0) is 12.3. The van der Waals surface area contributed by atoms with E-state index in [4.69, 9.17) is 4.74 Å². The van der Waals surface area contributed by atoms with Gasteiger partial charge in [-0.2, -0.15) is 4.98 Å². The van der Waals surface area contributed by atoms with Crippen molar-refractivity contribution < 1.29 is 4.74 Å². The molecule has 2 aromatic rings. The molecular weight excluding hydrogens is 240 g/mol. The second-order valence-electron chi connectivity index (χ2n) is 3.40. The molecule has 17 heavy (non-hydrogen) atoms. The fourth-order valence-electron chi connectivity index (χ4n) is 1.30. The molecule has 0 unspecified atom stereocenters. The van der Waals surface area contributed by atoms with Crippen molar-refractivity contribution in [2.75, 3.05) is 12.4 Å². The molecule has 0 radical (unpaired) electrons. The van der Waals surface area contributed by atoms with Crippen LogP contribution in [0, 0.1) is 6.92 Å². The summed E-state index contributed by atoms with van der Waals surface area (Å²) in [5.74, 6) is 0.993. The molecule has 7 heteroatoms. The minimum Gasteiger partial charge on any atom is -0.481 e. The lowest BCUT2D eigenvalue weighted by Crippen LogP contribution is -2.07. The van der Waals surface area contributed by atoms with Gasteiger partial charge >= 0.3 is 4.87 Å². The highest BCUT2D eigenvalue weighted by atomic mass is 32.1. The molecule has 2 N–H and O–H groups in total. The zero-order valence-corrected chi connectivity index (χ0v) is 10.3. The number of nitrogens with zero attached hydrogens (tertiary/aromatic N) is 2. The van der Waals surface area contributed by atoms with E-state index in [1.54, 1.807) is 18.6 Å². The Hall–Kier alpha value is -1.89. The van der Waals surface area contributed by atoms with Crippen molar-refractivity contribution in [3.63, 3.8) is 0 Å². The van der Waals surface area contributed by atoms with Crippen LogP contribution in [0.4, 0.5) is 5.95 Å². The van der Waals surface area contributed by atoms with Crippen molar-refractivity contribution in [3.05, 3.63) is 32.5 Å². The summed E-state index contributed by atoms with van der Waals surface area (Å²) < 4.78 is 5.04. The van der Waals surface area contributed by atoms with Crippen LogP contribution < -0.4 is 14.9 Å². The zero-order valence-electron chi connectivity index (χ0n) is 9.48. The van der Waals surface area contributed by atoms with Crippen LogP contribution in [0.3, 0.4) is 0 Å². The maximum atomic E-state index is 10.9. The number of aromatic amines is 1. The van der Waals surface area contributed by atoms with Crippen LogP contribution in [0.1, 0.15) is 11.4 Å². The standard InChI is InChI=1S/C10H12N4O2S/c1-6-3-8(16-2)14-9(12-6)11-4-7-5-17-10(15)13-7/h3,5H,4H2,1-2H3,(H,13,15)(H,11,12,14). The maximum absolute atomic E-state index is 10.9. The van der Waals surface area contributed by atoms with Gasteiger partial charge in [0.15, 0.2) is 0 Å². The second-order valence-corrected chi connectivity index (χ2v) is 4.24. The molecule has 2 aromatic heterocycles. The molecule has 2 heterocycles. The van der Waals surface area contributed by atoms with Gasteiger partial charge in [0, 0.05) is 22.8 Å². The van der Waals surface area contributed by atoms with Gasteiger partial charge in [0.1, 0.15) is 0 Å². The maximum Gasteiger partial charge on any atom is 0.304 e.